The first-order chi connectivity index (χ1) is 14.5. The van der Waals surface area contributed by atoms with Gasteiger partial charge >= 0.3 is 5.97 Å². The maximum absolute atomic E-state index is 12.4. The van der Waals surface area contributed by atoms with E-state index in [9.17, 15) is 9.59 Å². The molecule has 0 atom stereocenters. The van der Waals surface area contributed by atoms with E-state index >= 15 is 0 Å². The highest BCUT2D eigenvalue weighted by atomic mass is 16.5. The molecule has 6 nitrogen and oxygen atoms in total. The highest BCUT2D eigenvalue weighted by Crippen LogP contribution is 2.30. The number of aromatic nitrogens is 1. The van der Waals surface area contributed by atoms with Crippen LogP contribution in [0.4, 0.5) is 5.69 Å². The van der Waals surface area contributed by atoms with Crippen LogP contribution in [0.2, 0.25) is 0 Å². The molecule has 0 bridgehead atoms. The zero-order chi connectivity index (χ0) is 21.3. The van der Waals surface area contributed by atoms with Crippen LogP contribution in [0.25, 0.3) is 16.6 Å². The molecule has 1 saturated heterocycles. The van der Waals surface area contributed by atoms with Gasteiger partial charge in [0, 0.05) is 43.0 Å². The molecule has 0 spiro atoms. The molecule has 4 rings (SSSR count). The lowest BCUT2D eigenvalue weighted by Gasteiger charge is -2.29. The number of fused-ring (bicyclic) bond motifs is 1. The number of ketones is 1. The Kier molecular flexibility index (Phi) is 5.59. The van der Waals surface area contributed by atoms with Crippen molar-refractivity contribution in [3.63, 3.8) is 0 Å². The number of Topliss-reactive ketones (excluding diaryl/α,β-unsaturated/α-hetero) is 1. The number of carbonyl (C=O) groups excluding carboxylic acids is 2. The van der Waals surface area contributed by atoms with Crippen LogP contribution in [0, 0.1) is 6.92 Å². The van der Waals surface area contributed by atoms with Crippen molar-refractivity contribution in [3.8, 4) is 11.1 Å². The van der Waals surface area contributed by atoms with Crippen molar-refractivity contribution in [2.45, 2.75) is 20.8 Å². The number of hydrogen-bond acceptors (Lipinski definition) is 5. The van der Waals surface area contributed by atoms with Crippen LogP contribution in [0.3, 0.4) is 0 Å². The fourth-order valence-electron chi connectivity index (χ4n) is 4.07. The second-order valence-electron chi connectivity index (χ2n) is 7.48. The van der Waals surface area contributed by atoms with E-state index < -0.39 is 5.97 Å². The van der Waals surface area contributed by atoms with Gasteiger partial charge in [-0.1, -0.05) is 12.1 Å². The average Bonchev–Trinajstić information content (AvgIpc) is 3.17. The Morgan fingerprint density at radius 1 is 1.10 bits per heavy atom. The fourth-order valence-corrected chi connectivity index (χ4v) is 4.07. The van der Waals surface area contributed by atoms with Crippen molar-refractivity contribution in [2.24, 2.45) is 0 Å². The second kappa shape index (κ2) is 8.32. The minimum Gasteiger partial charge on any atom is -0.462 e. The monoisotopic (exact) mass is 406 g/mol. The summed E-state index contributed by atoms with van der Waals surface area (Å²) in [5.74, 6) is -0.495. The molecule has 0 unspecified atom stereocenters. The van der Waals surface area contributed by atoms with Gasteiger partial charge in [0.1, 0.15) is 0 Å². The highest BCUT2D eigenvalue weighted by Gasteiger charge is 2.20. The van der Waals surface area contributed by atoms with Gasteiger partial charge in [-0.25, -0.2) is 4.79 Å². The Labute approximate surface area is 176 Å². The number of morpholine rings is 1. The topological polar surface area (TPSA) is 60.2 Å². The van der Waals surface area contributed by atoms with E-state index in [4.69, 9.17) is 9.47 Å². The molecular weight excluding hydrogens is 380 g/mol. The predicted octanol–water partition coefficient (Wildman–Crippen LogP) is 4.13. The minimum atomic E-state index is -0.405. The highest BCUT2D eigenvalue weighted by molar-refractivity contribution is 6.01. The fraction of sp³-hybridized carbons (Fsp3) is 0.333. The number of anilines is 1. The van der Waals surface area contributed by atoms with Crippen molar-refractivity contribution >= 4 is 23.0 Å². The number of nitrogens with zero attached hydrogens (tertiary/aromatic N) is 2. The summed E-state index contributed by atoms with van der Waals surface area (Å²) in [5, 5.41) is 0. The Morgan fingerprint density at radius 3 is 2.57 bits per heavy atom. The predicted molar refractivity (Wildman–Crippen MR) is 117 cm³/mol. The summed E-state index contributed by atoms with van der Waals surface area (Å²) in [6, 6.07) is 12.2. The van der Waals surface area contributed by atoms with Crippen LogP contribution >= 0.6 is 0 Å². The van der Waals surface area contributed by atoms with Crippen LogP contribution in [0.15, 0.2) is 42.6 Å². The summed E-state index contributed by atoms with van der Waals surface area (Å²) < 4.78 is 12.5. The van der Waals surface area contributed by atoms with Crippen molar-refractivity contribution < 1.29 is 19.1 Å². The third kappa shape index (κ3) is 3.71. The minimum absolute atomic E-state index is 0.0899. The van der Waals surface area contributed by atoms with E-state index in [0.717, 1.165) is 48.6 Å². The SMILES string of the molecule is CCOC(=O)c1cc2cc(-c3cccc(N4CCOCC4)c3)cn2c(C(C)=O)c1C. The van der Waals surface area contributed by atoms with Gasteiger partial charge in [0.05, 0.1) is 31.1 Å². The van der Waals surface area contributed by atoms with Crippen LogP contribution in [0.1, 0.15) is 40.3 Å². The Morgan fingerprint density at radius 2 is 1.87 bits per heavy atom. The first-order valence-electron chi connectivity index (χ1n) is 10.3. The number of carbonyl (C=O) groups is 2. The van der Waals surface area contributed by atoms with Gasteiger partial charge in [0.25, 0.3) is 0 Å². The van der Waals surface area contributed by atoms with Gasteiger partial charge in [0.15, 0.2) is 5.78 Å². The van der Waals surface area contributed by atoms with E-state index in [-0.39, 0.29) is 5.78 Å². The molecule has 2 aromatic heterocycles. The molecule has 1 aliphatic rings. The van der Waals surface area contributed by atoms with Crippen LogP contribution in [-0.2, 0) is 9.47 Å². The molecule has 3 heterocycles. The van der Waals surface area contributed by atoms with Crippen LogP contribution < -0.4 is 4.90 Å². The molecule has 0 aliphatic carbocycles. The zero-order valence-electron chi connectivity index (χ0n) is 17.6. The van der Waals surface area contributed by atoms with Crippen molar-refractivity contribution in [1.82, 2.24) is 4.40 Å². The molecule has 30 heavy (non-hydrogen) atoms. The number of rotatable bonds is 5. The molecule has 1 aliphatic heterocycles. The molecule has 0 N–H and O–H groups in total. The van der Waals surface area contributed by atoms with E-state index in [0.29, 0.717) is 23.4 Å². The van der Waals surface area contributed by atoms with Crippen LogP contribution in [-0.4, -0.2) is 49.1 Å². The largest absolute Gasteiger partial charge is 0.462 e. The standard InChI is InChI=1S/C24H26N2O4/c1-4-30-24(28)22-14-21-13-19(15-26(21)23(16(22)2)17(3)27)18-6-5-7-20(12-18)25-8-10-29-11-9-25/h5-7,12-15H,4,8-11H2,1-3H3. The Balaban J connectivity index is 1.81. The van der Waals surface area contributed by atoms with Gasteiger partial charge in [-0.3, -0.25) is 4.79 Å². The first kappa shape index (κ1) is 20.2. The molecular formula is C24H26N2O4. The Bertz CT molecular complexity index is 1110. The molecule has 6 heteroatoms. The number of esters is 1. The molecule has 0 amide bonds. The van der Waals surface area contributed by atoms with E-state index in [1.807, 2.05) is 22.7 Å². The smallest absolute Gasteiger partial charge is 0.338 e. The number of pyridine rings is 1. The van der Waals surface area contributed by atoms with Gasteiger partial charge in [0.2, 0.25) is 0 Å². The van der Waals surface area contributed by atoms with Gasteiger partial charge in [-0.2, -0.15) is 0 Å². The average molecular weight is 406 g/mol. The Hall–Kier alpha value is -3.12. The summed E-state index contributed by atoms with van der Waals surface area (Å²) in [4.78, 5) is 27.2. The van der Waals surface area contributed by atoms with Gasteiger partial charge < -0.3 is 18.8 Å². The quantitative estimate of drug-likeness (QED) is 0.471. The normalized spacial score (nSPS) is 14.2. The van der Waals surface area contributed by atoms with Gasteiger partial charge in [-0.05, 0) is 49.2 Å². The summed E-state index contributed by atoms with van der Waals surface area (Å²) in [7, 11) is 0. The summed E-state index contributed by atoms with van der Waals surface area (Å²) in [6.45, 7) is 8.59. The molecule has 3 aromatic rings. The molecule has 1 fully saturated rings. The van der Waals surface area contributed by atoms with E-state index in [2.05, 4.69) is 23.1 Å². The maximum Gasteiger partial charge on any atom is 0.338 e. The third-order valence-electron chi connectivity index (χ3n) is 5.53. The van der Waals surface area contributed by atoms with E-state index in [1.165, 1.54) is 6.92 Å². The maximum atomic E-state index is 12.4. The second-order valence-corrected chi connectivity index (χ2v) is 7.48. The summed E-state index contributed by atoms with van der Waals surface area (Å²) in [5.41, 5.74) is 5.58. The lowest BCUT2D eigenvalue weighted by atomic mass is 10.0. The van der Waals surface area contributed by atoms with Crippen molar-refractivity contribution in [2.75, 3.05) is 37.8 Å². The van der Waals surface area contributed by atoms with Crippen LogP contribution in [0.5, 0.6) is 0 Å². The zero-order valence-corrected chi connectivity index (χ0v) is 17.6. The molecule has 0 saturated carbocycles. The van der Waals surface area contributed by atoms with Crippen molar-refractivity contribution in [1.29, 1.82) is 0 Å². The third-order valence-corrected chi connectivity index (χ3v) is 5.53. The van der Waals surface area contributed by atoms with E-state index in [1.54, 1.807) is 19.9 Å². The first-order valence-corrected chi connectivity index (χ1v) is 10.3. The number of ether oxygens (including phenoxy) is 2. The lowest BCUT2D eigenvalue weighted by Crippen LogP contribution is -2.36. The number of benzene rings is 1. The summed E-state index contributed by atoms with van der Waals surface area (Å²) >= 11 is 0. The molecule has 0 radical (unpaired) electrons. The molecule has 156 valence electrons. The summed E-state index contributed by atoms with van der Waals surface area (Å²) in [6.07, 6.45) is 1.96. The van der Waals surface area contributed by atoms with Gasteiger partial charge in [-0.15, -0.1) is 0 Å². The lowest BCUT2D eigenvalue weighted by molar-refractivity contribution is 0.0525. The number of hydrogen-bond donors (Lipinski definition) is 0. The molecule has 1 aromatic carbocycles. The van der Waals surface area contributed by atoms with Crippen molar-refractivity contribution in [3.05, 3.63) is 59.4 Å².